The van der Waals surface area contributed by atoms with E-state index in [-0.39, 0.29) is 16.8 Å². The first-order chi connectivity index (χ1) is 8.46. The number of ether oxygens (including phenoxy) is 1. The molecule has 1 saturated heterocycles. The Balaban J connectivity index is 2.13. The molecule has 0 unspecified atom stereocenters. The number of piperazine rings is 1. The zero-order valence-electron chi connectivity index (χ0n) is 9.35. The molecule has 0 bridgehead atoms. The molecule has 2 N–H and O–H groups in total. The summed E-state index contributed by atoms with van der Waals surface area (Å²) in [6.07, 6.45) is -4.73. The van der Waals surface area contributed by atoms with Crippen molar-refractivity contribution in [1.82, 2.24) is 10.6 Å². The Morgan fingerprint density at radius 2 is 2.06 bits per heavy atom. The van der Waals surface area contributed by atoms with E-state index in [1.165, 1.54) is 12.1 Å². The van der Waals surface area contributed by atoms with Crippen LogP contribution in [-0.2, 0) is 0 Å². The van der Waals surface area contributed by atoms with Crippen LogP contribution in [0.1, 0.15) is 11.6 Å². The van der Waals surface area contributed by atoms with Gasteiger partial charge in [0, 0.05) is 25.7 Å². The number of nitrogens with one attached hydrogen (secondary N) is 2. The summed E-state index contributed by atoms with van der Waals surface area (Å²) >= 11 is 5.78. The minimum atomic E-state index is -4.73. The Bertz CT molecular complexity index is 419. The first kappa shape index (κ1) is 13.5. The number of hydrogen-bond donors (Lipinski definition) is 2. The third kappa shape index (κ3) is 3.51. The summed E-state index contributed by atoms with van der Waals surface area (Å²) in [6, 6.07) is 4.36. The van der Waals surface area contributed by atoms with Gasteiger partial charge < -0.3 is 15.4 Å². The number of hydrogen-bond acceptors (Lipinski definition) is 3. The molecule has 2 rings (SSSR count). The van der Waals surface area contributed by atoms with E-state index in [0.29, 0.717) is 0 Å². The number of benzene rings is 1. The first-order valence-corrected chi connectivity index (χ1v) is 5.83. The number of alkyl halides is 3. The fourth-order valence-electron chi connectivity index (χ4n) is 1.83. The number of rotatable bonds is 2. The highest BCUT2D eigenvalue weighted by molar-refractivity contribution is 6.32. The maximum absolute atomic E-state index is 12.1. The maximum atomic E-state index is 12.1. The molecule has 1 fully saturated rings. The van der Waals surface area contributed by atoms with E-state index in [4.69, 9.17) is 11.6 Å². The Morgan fingerprint density at radius 1 is 1.28 bits per heavy atom. The van der Waals surface area contributed by atoms with Crippen LogP contribution in [0.5, 0.6) is 5.75 Å². The minimum absolute atomic E-state index is 0.0443. The van der Waals surface area contributed by atoms with Crippen molar-refractivity contribution in [2.45, 2.75) is 12.4 Å². The predicted molar refractivity (Wildman–Crippen MR) is 61.7 cm³/mol. The monoisotopic (exact) mass is 280 g/mol. The van der Waals surface area contributed by atoms with Crippen LogP contribution in [0.3, 0.4) is 0 Å². The van der Waals surface area contributed by atoms with E-state index in [1.54, 1.807) is 6.07 Å². The highest BCUT2D eigenvalue weighted by Crippen LogP contribution is 2.32. The van der Waals surface area contributed by atoms with Crippen molar-refractivity contribution in [2.75, 3.05) is 19.6 Å². The summed E-state index contributed by atoms with van der Waals surface area (Å²) in [5.74, 6) is -0.378. The fraction of sp³-hybridized carbons (Fsp3) is 0.455. The smallest absolute Gasteiger partial charge is 0.404 e. The molecule has 1 aromatic carbocycles. The van der Waals surface area contributed by atoms with Gasteiger partial charge in [-0.15, -0.1) is 13.2 Å². The van der Waals surface area contributed by atoms with Gasteiger partial charge in [0.05, 0.1) is 5.02 Å². The van der Waals surface area contributed by atoms with E-state index in [9.17, 15) is 13.2 Å². The molecule has 7 heteroatoms. The van der Waals surface area contributed by atoms with Crippen LogP contribution in [0, 0.1) is 0 Å². The molecule has 1 aliphatic heterocycles. The molecule has 0 spiro atoms. The SMILES string of the molecule is FC(F)(F)Oc1ccc([C@@H]2CNCCN2)cc1Cl. The van der Waals surface area contributed by atoms with Crippen LogP contribution in [0.15, 0.2) is 18.2 Å². The highest BCUT2D eigenvalue weighted by atomic mass is 35.5. The van der Waals surface area contributed by atoms with E-state index in [1.807, 2.05) is 0 Å². The van der Waals surface area contributed by atoms with Gasteiger partial charge in [-0.1, -0.05) is 17.7 Å². The Labute approximate surface area is 107 Å². The van der Waals surface area contributed by atoms with Crippen LogP contribution in [-0.4, -0.2) is 26.0 Å². The lowest BCUT2D eigenvalue weighted by Gasteiger charge is -2.25. The van der Waals surface area contributed by atoms with Crippen molar-refractivity contribution in [3.63, 3.8) is 0 Å². The lowest BCUT2D eigenvalue weighted by molar-refractivity contribution is -0.274. The van der Waals surface area contributed by atoms with E-state index < -0.39 is 6.36 Å². The van der Waals surface area contributed by atoms with E-state index in [0.717, 1.165) is 25.2 Å². The Kier molecular flexibility index (Phi) is 3.99. The summed E-state index contributed by atoms with van der Waals surface area (Å²) in [7, 11) is 0. The van der Waals surface area contributed by atoms with Crippen molar-refractivity contribution in [1.29, 1.82) is 0 Å². The van der Waals surface area contributed by atoms with Gasteiger partial charge in [0.1, 0.15) is 5.75 Å². The van der Waals surface area contributed by atoms with Gasteiger partial charge in [-0.05, 0) is 17.7 Å². The minimum Gasteiger partial charge on any atom is -0.404 e. The second kappa shape index (κ2) is 5.34. The topological polar surface area (TPSA) is 33.3 Å². The van der Waals surface area contributed by atoms with Gasteiger partial charge in [-0.3, -0.25) is 0 Å². The lowest BCUT2D eigenvalue weighted by atomic mass is 10.1. The summed E-state index contributed by atoms with van der Waals surface area (Å²) < 4.78 is 40.0. The molecule has 18 heavy (non-hydrogen) atoms. The van der Waals surface area contributed by atoms with Gasteiger partial charge in [0.15, 0.2) is 0 Å². The Morgan fingerprint density at radius 3 is 2.61 bits per heavy atom. The van der Waals surface area contributed by atoms with Gasteiger partial charge >= 0.3 is 6.36 Å². The zero-order chi connectivity index (χ0) is 13.2. The third-order valence-electron chi connectivity index (χ3n) is 2.62. The molecular weight excluding hydrogens is 269 g/mol. The largest absolute Gasteiger partial charge is 0.573 e. The van der Waals surface area contributed by atoms with Gasteiger partial charge in [-0.2, -0.15) is 0 Å². The van der Waals surface area contributed by atoms with Crippen LogP contribution in [0.4, 0.5) is 13.2 Å². The van der Waals surface area contributed by atoms with Crippen molar-refractivity contribution in [3.05, 3.63) is 28.8 Å². The second-order valence-corrected chi connectivity index (χ2v) is 4.36. The second-order valence-electron chi connectivity index (χ2n) is 3.95. The molecule has 3 nitrogen and oxygen atoms in total. The lowest BCUT2D eigenvalue weighted by Crippen LogP contribution is -2.42. The van der Waals surface area contributed by atoms with Crippen LogP contribution >= 0.6 is 11.6 Å². The summed E-state index contributed by atoms with van der Waals surface area (Å²) in [5, 5.41) is 6.39. The Hall–Kier alpha value is -0.980. The molecule has 1 aromatic rings. The zero-order valence-corrected chi connectivity index (χ0v) is 10.1. The molecule has 0 radical (unpaired) electrons. The van der Waals surface area contributed by atoms with Crippen LogP contribution in [0.25, 0.3) is 0 Å². The van der Waals surface area contributed by atoms with Gasteiger partial charge in [0.2, 0.25) is 0 Å². The van der Waals surface area contributed by atoms with Gasteiger partial charge in [-0.25, -0.2) is 0 Å². The van der Waals surface area contributed by atoms with Crippen LogP contribution < -0.4 is 15.4 Å². The van der Waals surface area contributed by atoms with Gasteiger partial charge in [0.25, 0.3) is 0 Å². The van der Waals surface area contributed by atoms with Crippen molar-refractivity contribution in [2.24, 2.45) is 0 Å². The van der Waals surface area contributed by atoms with Crippen molar-refractivity contribution >= 4 is 11.6 Å². The molecule has 0 aromatic heterocycles. The van der Waals surface area contributed by atoms with E-state index >= 15 is 0 Å². The quantitative estimate of drug-likeness (QED) is 0.873. The first-order valence-electron chi connectivity index (χ1n) is 5.45. The number of halogens is 4. The van der Waals surface area contributed by atoms with Crippen molar-refractivity contribution < 1.29 is 17.9 Å². The molecule has 0 saturated carbocycles. The normalized spacial score (nSPS) is 20.8. The molecule has 0 aliphatic carbocycles. The summed E-state index contributed by atoms with van der Waals surface area (Å²) in [6.45, 7) is 2.40. The molecule has 0 amide bonds. The molecule has 100 valence electrons. The maximum Gasteiger partial charge on any atom is 0.573 e. The molecule has 1 heterocycles. The fourth-order valence-corrected chi connectivity index (χ4v) is 2.06. The average Bonchev–Trinajstić information content (AvgIpc) is 2.31. The van der Waals surface area contributed by atoms with Crippen LogP contribution in [0.2, 0.25) is 5.02 Å². The van der Waals surface area contributed by atoms with Crippen molar-refractivity contribution in [3.8, 4) is 5.75 Å². The molecule has 1 aliphatic rings. The summed E-state index contributed by atoms with van der Waals surface area (Å²) in [5.41, 5.74) is 0.835. The predicted octanol–water partition coefficient (Wildman–Crippen LogP) is 2.47. The highest BCUT2D eigenvalue weighted by Gasteiger charge is 2.32. The molecule has 1 atom stereocenters. The van der Waals surface area contributed by atoms with E-state index in [2.05, 4.69) is 15.4 Å². The standard InChI is InChI=1S/C11H12ClF3N2O/c12-8-5-7(9-6-16-3-4-17-9)1-2-10(8)18-11(13,14)15/h1-2,5,9,16-17H,3-4,6H2/t9-/m0/s1. The average molecular weight is 281 g/mol. The summed E-state index contributed by atoms with van der Waals surface area (Å²) in [4.78, 5) is 0. The molecular formula is C11H12ClF3N2O. The third-order valence-corrected chi connectivity index (χ3v) is 2.92.